The van der Waals surface area contributed by atoms with Crippen LogP contribution in [-0.2, 0) is 0 Å². The van der Waals surface area contributed by atoms with Crippen LogP contribution in [0, 0.1) is 6.92 Å². The van der Waals surface area contributed by atoms with Gasteiger partial charge < -0.3 is 10.3 Å². The second-order valence-electron chi connectivity index (χ2n) is 5.23. The van der Waals surface area contributed by atoms with Gasteiger partial charge in [0.1, 0.15) is 11.3 Å². The number of aryl methyl sites for hydroxylation is 1. The molecule has 21 heavy (non-hydrogen) atoms. The average Bonchev–Trinajstić information content (AvgIpc) is 2.85. The molecule has 0 aliphatic rings. The highest BCUT2D eigenvalue weighted by molar-refractivity contribution is 6.33. The molecule has 2 heterocycles. The summed E-state index contributed by atoms with van der Waals surface area (Å²) in [4.78, 5) is 9.26. The maximum Gasteiger partial charge on any atom is 0.160 e. The molecule has 3 rings (SSSR count). The van der Waals surface area contributed by atoms with Gasteiger partial charge in [0.15, 0.2) is 5.65 Å². The van der Waals surface area contributed by atoms with Gasteiger partial charge in [0.05, 0.1) is 5.02 Å². The van der Waals surface area contributed by atoms with E-state index in [0.717, 1.165) is 28.1 Å². The van der Waals surface area contributed by atoms with Gasteiger partial charge in [0.2, 0.25) is 0 Å². The number of rotatable bonds is 3. The Morgan fingerprint density at radius 3 is 2.81 bits per heavy atom. The third kappa shape index (κ3) is 2.41. The number of hydrogen-bond donors (Lipinski definition) is 1. The van der Waals surface area contributed by atoms with Crippen molar-refractivity contribution in [1.82, 2.24) is 14.5 Å². The quantitative estimate of drug-likeness (QED) is 0.804. The lowest BCUT2D eigenvalue weighted by molar-refractivity contribution is 0.575. The zero-order valence-electron chi connectivity index (χ0n) is 12.0. The van der Waals surface area contributed by atoms with Gasteiger partial charge in [-0.15, -0.1) is 0 Å². The molecule has 0 radical (unpaired) electrons. The molecule has 1 atom stereocenters. The molecule has 108 valence electrons. The fourth-order valence-corrected chi connectivity index (χ4v) is 2.66. The highest BCUT2D eigenvalue weighted by atomic mass is 35.5. The van der Waals surface area contributed by atoms with Gasteiger partial charge in [-0.2, -0.15) is 0 Å². The van der Waals surface area contributed by atoms with Crippen LogP contribution in [0.3, 0.4) is 0 Å². The predicted octanol–water partition coefficient (Wildman–Crippen LogP) is 3.58. The molecule has 2 N–H and O–H groups in total. The lowest BCUT2D eigenvalue weighted by Crippen LogP contribution is -2.17. The minimum Gasteiger partial charge on any atom is -0.328 e. The van der Waals surface area contributed by atoms with E-state index < -0.39 is 0 Å². The number of aromatic nitrogens is 3. The molecule has 0 aliphatic carbocycles. The number of fused-ring (bicyclic) bond motifs is 1. The molecular formula is C16H17ClN4. The Balaban J connectivity index is 2.33. The van der Waals surface area contributed by atoms with Gasteiger partial charge in [0.25, 0.3) is 0 Å². The Bertz CT molecular complexity index is 794. The molecular weight excluding hydrogens is 284 g/mol. The summed E-state index contributed by atoms with van der Waals surface area (Å²) in [5.41, 5.74) is 9.55. The van der Waals surface area contributed by atoms with Crippen molar-refractivity contribution in [2.45, 2.75) is 19.9 Å². The molecule has 3 aromatic rings. The first-order valence-corrected chi connectivity index (χ1v) is 7.29. The van der Waals surface area contributed by atoms with Crippen LogP contribution >= 0.6 is 11.6 Å². The topological polar surface area (TPSA) is 56.7 Å². The van der Waals surface area contributed by atoms with E-state index in [2.05, 4.69) is 16.5 Å². The van der Waals surface area contributed by atoms with Gasteiger partial charge in [-0.25, -0.2) is 9.97 Å². The second kappa shape index (κ2) is 5.47. The second-order valence-corrected chi connectivity index (χ2v) is 5.63. The number of pyridine rings is 1. The van der Waals surface area contributed by atoms with Crippen molar-refractivity contribution in [3.8, 4) is 11.4 Å². The van der Waals surface area contributed by atoms with Crippen molar-refractivity contribution in [3.05, 3.63) is 47.1 Å². The first-order valence-electron chi connectivity index (χ1n) is 6.91. The number of hydrogen-bond acceptors (Lipinski definition) is 3. The Morgan fingerprint density at radius 2 is 2.10 bits per heavy atom. The number of nitrogens with two attached hydrogens (primary N) is 1. The molecule has 0 amide bonds. The van der Waals surface area contributed by atoms with E-state index >= 15 is 0 Å². The maximum absolute atomic E-state index is 6.33. The number of halogens is 1. The number of benzene rings is 1. The van der Waals surface area contributed by atoms with Crippen molar-refractivity contribution in [2.75, 3.05) is 6.54 Å². The van der Waals surface area contributed by atoms with Crippen molar-refractivity contribution >= 4 is 22.8 Å². The standard InChI is InChI=1S/C16H17ClN4/c1-10-7-14-16(19-9-10)21(11(2)8-18)15(20-14)12-5-3-4-6-13(12)17/h3-7,9,11H,8,18H2,1-2H3. The highest BCUT2D eigenvalue weighted by Crippen LogP contribution is 2.31. The SMILES string of the molecule is Cc1cnc2c(c1)nc(-c1ccccc1Cl)n2C(C)CN. The summed E-state index contributed by atoms with van der Waals surface area (Å²) in [5.74, 6) is 0.812. The minimum atomic E-state index is 0.0940. The predicted molar refractivity (Wildman–Crippen MR) is 86.5 cm³/mol. The van der Waals surface area contributed by atoms with Crippen LogP contribution in [0.1, 0.15) is 18.5 Å². The van der Waals surface area contributed by atoms with Crippen molar-refractivity contribution in [1.29, 1.82) is 0 Å². The normalized spacial score (nSPS) is 12.8. The monoisotopic (exact) mass is 300 g/mol. The molecule has 0 saturated heterocycles. The molecule has 0 saturated carbocycles. The number of imidazole rings is 1. The van der Waals surface area contributed by atoms with E-state index in [1.54, 1.807) is 0 Å². The van der Waals surface area contributed by atoms with Gasteiger partial charge in [0, 0.05) is 24.3 Å². The number of nitrogens with zero attached hydrogens (tertiary/aromatic N) is 3. The van der Waals surface area contributed by atoms with Crippen LogP contribution in [0.5, 0.6) is 0 Å². The fraction of sp³-hybridized carbons (Fsp3) is 0.250. The Hall–Kier alpha value is -1.91. The van der Waals surface area contributed by atoms with Crippen LogP contribution < -0.4 is 5.73 Å². The maximum atomic E-state index is 6.33. The zero-order valence-corrected chi connectivity index (χ0v) is 12.8. The molecule has 0 aliphatic heterocycles. The summed E-state index contributed by atoms with van der Waals surface area (Å²) < 4.78 is 2.07. The van der Waals surface area contributed by atoms with Crippen molar-refractivity contribution in [2.24, 2.45) is 5.73 Å². The molecule has 2 aromatic heterocycles. The minimum absolute atomic E-state index is 0.0940. The Morgan fingerprint density at radius 1 is 1.33 bits per heavy atom. The average molecular weight is 301 g/mol. The Labute approximate surface area is 128 Å². The largest absolute Gasteiger partial charge is 0.328 e. The van der Waals surface area contributed by atoms with Gasteiger partial charge in [-0.1, -0.05) is 23.7 Å². The third-order valence-corrected chi connectivity index (χ3v) is 3.89. The van der Waals surface area contributed by atoms with E-state index in [4.69, 9.17) is 22.3 Å². The van der Waals surface area contributed by atoms with E-state index in [-0.39, 0.29) is 6.04 Å². The van der Waals surface area contributed by atoms with E-state index in [0.29, 0.717) is 11.6 Å². The molecule has 4 nitrogen and oxygen atoms in total. The molecule has 0 spiro atoms. The molecule has 1 unspecified atom stereocenters. The fourth-order valence-electron chi connectivity index (χ4n) is 2.44. The van der Waals surface area contributed by atoms with E-state index in [1.165, 1.54) is 0 Å². The lowest BCUT2D eigenvalue weighted by Gasteiger charge is -2.15. The van der Waals surface area contributed by atoms with Crippen molar-refractivity contribution in [3.63, 3.8) is 0 Å². The lowest BCUT2D eigenvalue weighted by atomic mass is 10.2. The molecule has 5 heteroatoms. The molecule has 1 aromatic carbocycles. The molecule has 0 bridgehead atoms. The first-order chi connectivity index (χ1) is 10.1. The van der Waals surface area contributed by atoms with Crippen LogP contribution in [-0.4, -0.2) is 21.1 Å². The summed E-state index contributed by atoms with van der Waals surface area (Å²) in [5, 5.41) is 0.676. The zero-order chi connectivity index (χ0) is 15.0. The van der Waals surface area contributed by atoms with Gasteiger partial charge >= 0.3 is 0 Å². The van der Waals surface area contributed by atoms with Crippen molar-refractivity contribution < 1.29 is 0 Å². The summed E-state index contributed by atoms with van der Waals surface area (Å²) >= 11 is 6.33. The summed E-state index contributed by atoms with van der Waals surface area (Å²) in [6.07, 6.45) is 1.85. The van der Waals surface area contributed by atoms with Crippen LogP contribution in [0.15, 0.2) is 36.5 Å². The van der Waals surface area contributed by atoms with Crippen LogP contribution in [0.2, 0.25) is 5.02 Å². The molecule has 0 fully saturated rings. The van der Waals surface area contributed by atoms with E-state index in [1.807, 2.05) is 43.5 Å². The third-order valence-electron chi connectivity index (χ3n) is 3.56. The van der Waals surface area contributed by atoms with Crippen LogP contribution in [0.25, 0.3) is 22.6 Å². The summed E-state index contributed by atoms with van der Waals surface area (Å²) in [7, 11) is 0. The smallest absolute Gasteiger partial charge is 0.160 e. The Kier molecular flexibility index (Phi) is 3.66. The highest BCUT2D eigenvalue weighted by Gasteiger charge is 2.19. The summed E-state index contributed by atoms with van der Waals surface area (Å²) in [6, 6.07) is 9.83. The first kappa shape index (κ1) is 14.0. The van der Waals surface area contributed by atoms with Gasteiger partial charge in [-0.3, -0.25) is 0 Å². The summed E-state index contributed by atoms with van der Waals surface area (Å²) in [6.45, 7) is 4.58. The van der Waals surface area contributed by atoms with E-state index in [9.17, 15) is 0 Å². The van der Waals surface area contributed by atoms with Gasteiger partial charge in [-0.05, 0) is 37.6 Å². The van der Waals surface area contributed by atoms with Crippen LogP contribution in [0.4, 0.5) is 0 Å².